The molecule has 3 heterocycles. The summed E-state index contributed by atoms with van der Waals surface area (Å²) in [6, 6.07) is 7.34. The Morgan fingerprint density at radius 1 is 1.23 bits per heavy atom. The number of benzene rings is 1. The van der Waals surface area contributed by atoms with Crippen molar-refractivity contribution in [3.8, 4) is 0 Å². The molecule has 0 radical (unpaired) electrons. The molecule has 1 atom stereocenters. The molecule has 1 amide bonds. The summed E-state index contributed by atoms with van der Waals surface area (Å²) in [7, 11) is 0. The summed E-state index contributed by atoms with van der Waals surface area (Å²) in [6.45, 7) is 3.04. The molecule has 134 valence electrons. The van der Waals surface area contributed by atoms with Crippen molar-refractivity contribution in [3.63, 3.8) is 0 Å². The van der Waals surface area contributed by atoms with Crippen LogP contribution in [0.4, 0.5) is 0 Å². The van der Waals surface area contributed by atoms with Crippen LogP contribution < -0.4 is 5.32 Å². The van der Waals surface area contributed by atoms with Gasteiger partial charge in [-0.2, -0.15) is 0 Å². The second kappa shape index (κ2) is 7.25. The molecule has 6 nitrogen and oxygen atoms in total. The number of carbonyl (C=O) groups is 1. The van der Waals surface area contributed by atoms with Gasteiger partial charge in [-0.1, -0.05) is 0 Å². The van der Waals surface area contributed by atoms with Gasteiger partial charge in [-0.25, -0.2) is 9.97 Å². The maximum atomic E-state index is 12.4. The number of hydrogen-bond acceptors (Lipinski definition) is 5. The standard InChI is InChI=1S/C20H21N3O3/c1-13-8-16-9-15(5-6-17(16)26-13)20(24)23-12-14-10-21-19(22-11-14)18-4-2-3-7-25-18/h5-6,8-11,18H,2-4,7,12H2,1H3,(H,23,24)/t18-/m1/s1. The first kappa shape index (κ1) is 16.7. The number of furan rings is 1. The first-order chi connectivity index (χ1) is 12.7. The van der Waals surface area contributed by atoms with Crippen LogP contribution in [0.5, 0.6) is 0 Å². The number of aryl methyl sites for hydroxylation is 1. The second-order valence-electron chi connectivity index (χ2n) is 6.60. The van der Waals surface area contributed by atoms with Crippen LogP contribution in [-0.4, -0.2) is 22.5 Å². The number of fused-ring (bicyclic) bond motifs is 1. The van der Waals surface area contributed by atoms with Crippen LogP contribution in [0, 0.1) is 6.92 Å². The van der Waals surface area contributed by atoms with Crippen LogP contribution in [-0.2, 0) is 11.3 Å². The molecule has 1 aromatic carbocycles. The van der Waals surface area contributed by atoms with Gasteiger partial charge >= 0.3 is 0 Å². The predicted octanol–water partition coefficient (Wildman–Crippen LogP) is 3.70. The molecule has 0 spiro atoms. The Morgan fingerprint density at radius 3 is 2.85 bits per heavy atom. The normalized spacial score (nSPS) is 17.3. The average molecular weight is 351 g/mol. The Kier molecular flexibility index (Phi) is 4.67. The van der Waals surface area contributed by atoms with E-state index in [4.69, 9.17) is 9.15 Å². The summed E-state index contributed by atoms with van der Waals surface area (Å²) in [4.78, 5) is 21.2. The highest BCUT2D eigenvalue weighted by Crippen LogP contribution is 2.25. The van der Waals surface area contributed by atoms with Crippen molar-refractivity contribution in [2.24, 2.45) is 0 Å². The van der Waals surface area contributed by atoms with Crippen molar-refractivity contribution < 1.29 is 13.9 Å². The fraction of sp³-hybridized carbons (Fsp3) is 0.350. The van der Waals surface area contributed by atoms with E-state index in [1.807, 2.05) is 25.1 Å². The van der Waals surface area contributed by atoms with Crippen molar-refractivity contribution in [1.82, 2.24) is 15.3 Å². The van der Waals surface area contributed by atoms with Gasteiger partial charge in [0.1, 0.15) is 17.4 Å². The van der Waals surface area contributed by atoms with Crippen LogP contribution in [0.25, 0.3) is 11.0 Å². The molecule has 1 N–H and O–H groups in total. The largest absolute Gasteiger partial charge is 0.461 e. The third-order valence-corrected chi connectivity index (χ3v) is 4.55. The van der Waals surface area contributed by atoms with Gasteiger partial charge in [-0.3, -0.25) is 4.79 Å². The zero-order valence-electron chi connectivity index (χ0n) is 14.7. The van der Waals surface area contributed by atoms with E-state index in [1.54, 1.807) is 18.5 Å². The lowest BCUT2D eigenvalue weighted by atomic mass is 10.1. The number of ether oxygens (including phenoxy) is 1. The van der Waals surface area contributed by atoms with E-state index in [0.717, 1.165) is 54.0 Å². The van der Waals surface area contributed by atoms with Gasteiger partial charge in [0.2, 0.25) is 0 Å². The molecular formula is C20H21N3O3. The smallest absolute Gasteiger partial charge is 0.251 e. The number of carbonyl (C=O) groups excluding carboxylic acids is 1. The molecule has 2 aromatic heterocycles. The third-order valence-electron chi connectivity index (χ3n) is 4.55. The first-order valence-electron chi connectivity index (χ1n) is 8.90. The fourth-order valence-electron chi connectivity index (χ4n) is 3.17. The van der Waals surface area contributed by atoms with Gasteiger partial charge < -0.3 is 14.5 Å². The SMILES string of the molecule is Cc1cc2cc(C(=O)NCc3cnc([C@H]4CCCCO4)nc3)ccc2o1. The maximum Gasteiger partial charge on any atom is 0.251 e. The summed E-state index contributed by atoms with van der Waals surface area (Å²) >= 11 is 0. The van der Waals surface area contributed by atoms with Crippen molar-refractivity contribution in [1.29, 1.82) is 0 Å². The quantitative estimate of drug-likeness (QED) is 0.775. The van der Waals surface area contributed by atoms with Crippen LogP contribution in [0.3, 0.4) is 0 Å². The van der Waals surface area contributed by atoms with Gasteiger partial charge in [0.15, 0.2) is 5.82 Å². The summed E-state index contributed by atoms with van der Waals surface area (Å²) in [6.07, 6.45) is 6.72. The Bertz CT molecular complexity index is 912. The first-order valence-corrected chi connectivity index (χ1v) is 8.90. The molecule has 26 heavy (non-hydrogen) atoms. The summed E-state index contributed by atoms with van der Waals surface area (Å²) in [5.74, 6) is 1.42. The number of aromatic nitrogens is 2. The summed E-state index contributed by atoms with van der Waals surface area (Å²) in [5.41, 5.74) is 2.25. The topological polar surface area (TPSA) is 77.2 Å². The fourth-order valence-corrected chi connectivity index (χ4v) is 3.17. The highest BCUT2D eigenvalue weighted by molar-refractivity contribution is 5.97. The summed E-state index contributed by atoms with van der Waals surface area (Å²) in [5, 5.41) is 3.83. The Morgan fingerprint density at radius 2 is 2.08 bits per heavy atom. The maximum absolute atomic E-state index is 12.4. The van der Waals surface area contributed by atoms with Gasteiger partial charge in [-0.05, 0) is 50.5 Å². The predicted molar refractivity (Wildman–Crippen MR) is 96.7 cm³/mol. The van der Waals surface area contributed by atoms with Gasteiger partial charge in [0.05, 0.1) is 0 Å². The Labute approximate surface area is 151 Å². The van der Waals surface area contributed by atoms with Crippen molar-refractivity contribution >= 4 is 16.9 Å². The molecule has 1 fully saturated rings. The van der Waals surface area contributed by atoms with Gasteiger partial charge in [-0.15, -0.1) is 0 Å². The van der Waals surface area contributed by atoms with Crippen LogP contribution >= 0.6 is 0 Å². The molecule has 0 aliphatic carbocycles. The molecule has 4 rings (SSSR count). The highest BCUT2D eigenvalue weighted by atomic mass is 16.5. The van der Waals surface area contributed by atoms with Gasteiger partial charge in [0, 0.05) is 42.1 Å². The van der Waals surface area contributed by atoms with E-state index in [1.165, 1.54) is 0 Å². The second-order valence-corrected chi connectivity index (χ2v) is 6.60. The lowest BCUT2D eigenvalue weighted by molar-refractivity contribution is 0.00940. The molecule has 6 heteroatoms. The van der Waals surface area contributed by atoms with Crippen LogP contribution in [0.2, 0.25) is 0 Å². The number of nitrogens with one attached hydrogen (secondary N) is 1. The van der Waals surface area contributed by atoms with E-state index >= 15 is 0 Å². The van der Waals surface area contributed by atoms with E-state index in [9.17, 15) is 4.79 Å². The van der Waals surface area contributed by atoms with Crippen molar-refractivity contribution in [2.45, 2.75) is 38.8 Å². The van der Waals surface area contributed by atoms with Gasteiger partial charge in [0.25, 0.3) is 5.91 Å². The lowest BCUT2D eigenvalue weighted by Gasteiger charge is -2.21. The number of hydrogen-bond donors (Lipinski definition) is 1. The molecular weight excluding hydrogens is 330 g/mol. The Balaban J connectivity index is 1.38. The number of amides is 1. The molecule has 0 unspecified atom stereocenters. The monoisotopic (exact) mass is 351 g/mol. The molecule has 1 saturated heterocycles. The minimum Gasteiger partial charge on any atom is -0.461 e. The zero-order chi connectivity index (χ0) is 17.9. The minimum absolute atomic E-state index is 0.00228. The minimum atomic E-state index is -0.134. The Hall–Kier alpha value is -2.73. The average Bonchev–Trinajstić information content (AvgIpc) is 3.06. The van der Waals surface area contributed by atoms with Crippen molar-refractivity contribution in [2.75, 3.05) is 6.61 Å². The molecule has 0 saturated carbocycles. The molecule has 3 aromatic rings. The lowest BCUT2D eigenvalue weighted by Crippen LogP contribution is -2.23. The van der Waals surface area contributed by atoms with Crippen LogP contribution in [0.1, 0.15) is 52.9 Å². The van der Waals surface area contributed by atoms with E-state index in [-0.39, 0.29) is 12.0 Å². The van der Waals surface area contributed by atoms with E-state index in [0.29, 0.717) is 12.1 Å². The van der Waals surface area contributed by atoms with E-state index in [2.05, 4.69) is 15.3 Å². The number of nitrogens with zero attached hydrogens (tertiary/aromatic N) is 2. The zero-order valence-corrected chi connectivity index (χ0v) is 14.7. The summed E-state index contributed by atoms with van der Waals surface area (Å²) < 4.78 is 11.2. The molecule has 0 bridgehead atoms. The molecule has 1 aliphatic rings. The molecule has 1 aliphatic heterocycles. The van der Waals surface area contributed by atoms with Crippen molar-refractivity contribution in [3.05, 3.63) is 59.4 Å². The van der Waals surface area contributed by atoms with Crippen LogP contribution in [0.15, 0.2) is 41.1 Å². The van der Waals surface area contributed by atoms with E-state index < -0.39 is 0 Å². The third kappa shape index (κ3) is 3.60. The number of rotatable bonds is 4. The highest BCUT2D eigenvalue weighted by Gasteiger charge is 2.18.